The molecule has 0 aliphatic carbocycles. The first kappa shape index (κ1) is 15.6. The van der Waals surface area contributed by atoms with Crippen molar-refractivity contribution < 1.29 is 39.5 Å². The predicted molar refractivity (Wildman–Crippen MR) is 46.2 cm³/mol. The maximum atomic E-state index is 12.5. The Morgan fingerprint density at radius 3 is 1.37 bits per heavy atom. The summed E-state index contributed by atoms with van der Waals surface area (Å²) in [6.07, 6.45) is -16.8. The lowest BCUT2D eigenvalue weighted by atomic mass is 9.95. The van der Waals surface area contributed by atoms with Gasteiger partial charge >= 0.3 is 18.5 Å². The molecular weight excluding hydrogens is 291 g/mol. The van der Waals surface area contributed by atoms with Gasteiger partial charge in [0.05, 0.1) is 16.7 Å². The summed E-state index contributed by atoms with van der Waals surface area (Å²) in [7, 11) is 0. The highest BCUT2D eigenvalue weighted by molar-refractivity contribution is 5.45. The van der Waals surface area contributed by atoms with Crippen LogP contribution in [0.15, 0.2) is 12.1 Å². The zero-order chi connectivity index (χ0) is 15.2. The SMILES string of the molecule is Cc1ccc(C(F)(F)F)c(C(F)(F)F)c1C(F)(F)F. The average Bonchev–Trinajstić information content (AvgIpc) is 2.11. The van der Waals surface area contributed by atoms with Crippen molar-refractivity contribution in [2.75, 3.05) is 0 Å². The fourth-order valence-corrected chi connectivity index (χ4v) is 1.60. The van der Waals surface area contributed by atoms with Gasteiger partial charge in [0.15, 0.2) is 0 Å². The van der Waals surface area contributed by atoms with Gasteiger partial charge in [-0.25, -0.2) is 0 Å². The fourth-order valence-electron chi connectivity index (χ4n) is 1.60. The van der Waals surface area contributed by atoms with E-state index in [4.69, 9.17) is 0 Å². The van der Waals surface area contributed by atoms with Crippen LogP contribution >= 0.6 is 0 Å². The van der Waals surface area contributed by atoms with Crippen LogP contribution in [0.4, 0.5) is 39.5 Å². The summed E-state index contributed by atoms with van der Waals surface area (Å²) in [5.74, 6) is 0. The number of hydrogen-bond donors (Lipinski definition) is 0. The van der Waals surface area contributed by atoms with Crippen LogP contribution in [0.5, 0.6) is 0 Å². The molecule has 0 saturated heterocycles. The third-order valence-electron chi connectivity index (χ3n) is 2.29. The normalized spacial score (nSPS) is 13.8. The van der Waals surface area contributed by atoms with Crippen LogP contribution in [0, 0.1) is 6.92 Å². The Morgan fingerprint density at radius 2 is 1.05 bits per heavy atom. The highest BCUT2D eigenvalue weighted by atomic mass is 19.4. The van der Waals surface area contributed by atoms with Crippen molar-refractivity contribution in [3.8, 4) is 0 Å². The molecule has 0 atom stereocenters. The number of rotatable bonds is 0. The number of alkyl halides is 9. The topological polar surface area (TPSA) is 0 Å². The molecule has 1 rings (SSSR count). The van der Waals surface area contributed by atoms with Gasteiger partial charge in [0, 0.05) is 0 Å². The van der Waals surface area contributed by atoms with E-state index in [0.29, 0.717) is 13.0 Å². The van der Waals surface area contributed by atoms with E-state index < -0.39 is 40.8 Å². The molecule has 0 radical (unpaired) electrons. The zero-order valence-corrected chi connectivity index (χ0v) is 9.06. The minimum Gasteiger partial charge on any atom is -0.166 e. The lowest BCUT2D eigenvalue weighted by molar-refractivity contribution is -0.174. The standard InChI is InChI=1S/C10H5F9/c1-4-2-3-5(8(11,12)13)7(10(17,18)19)6(4)9(14,15)16/h2-3H,1H3. The molecular formula is C10H5F9. The summed E-state index contributed by atoms with van der Waals surface area (Å²) in [6.45, 7) is 0.665. The first-order valence-corrected chi connectivity index (χ1v) is 4.61. The van der Waals surface area contributed by atoms with Crippen molar-refractivity contribution in [1.82, 2.24) is 0 Å². The largest absolute Gasteiger partial charge is 0.417 e. The lowest BCUT2D eigenvalue weighted by Gasteiger charge is -2.22. The van der Waals surface area contributed by atoms with E-state index in [0.717, 1.165) is 0 Å². The Hall–Kier alpha value is -1.41. The van der Waals surface area contributed by atoms with E-state index in [9.17, 15) is 39.5 Å². The van der Waals surface area contributed by atoms with Crippen LogP contribution in [0.2, 0.25) is 0 Å². The molecule has 0 amide bonds. The molecule has 1 aromatic carbocycles. The predicted octanol–water partition coefficient (Wildman–Crippen LogP) is 5.05. The van der Waals surface area contributed by atoms with Gasteiger partial charge in [0.25, 0.3) is 0 Å². The molecule has 0 bridgehead atoms. The molecule has 0 saturated carbocycles. The second-order valence-corrected chi connectivity index (χ2v) is 3.67. The molecule has 0 spiro atoms. The van der Waals surface area contributed by atoms with Gasteiger partial charge < -0.3 is 0 Å². The lowest BCUT2D eigenvalue weighted by Crippen LogP contribution is -2.24. The van der Waals surface area contributed by atoms with Crippen LogP contribution in [-0.4, -0.2) is 0 Å². The first-order chi connectivity index (χ1) is 8.26. The zero-order valence-electron chi connectivity index (χ0n) is 9.06. The van der Waals surface area contributed by atoms with Crippen molar-refractivity contribution in [1.29, 1.82) is 0 Å². The van der Waals surface area contributed by atoms with Crippen molar-refractivity contribution in [3.05, 3.63) is 34.4 Å². The Morgan fingerprint density at radius 1 is 0.632 bits per heavy atom. The summed E-state index contributed by atoms with van der Waals surface area (Å²) in [4.78, 5) is 0. The molecule has 0 aromatic heterocycles. The number of aryl methyl sites for hydroxylation is 1. The minimum absolute atomic E-state index is 0.00655. The smallest absolute Gasteiger partial charge is 0.166 e. The van der Waals surface area contributed by atoms with Crippen LogP contribution in [0.25, 0.3) is 0 Å². The Labute approximate surface area is 100 Å². The molecule has 19 heavy (non-hydrogen) atoms. The summed E-state index contributed by atoms with van der Waals surface area (Å²) < 4.78 is 113. The fraction of sp³-hybridized carbons (Fsp3) is 0.400. The molecule has 0 aliphatic heterocycles. The van der Waals surface area contributed by atoms with Crippen LogP contribution in [0.1, 0.15) is 22.3 Å². The van der Waals surface area contributed by atoms with E-state index in [-0.39, 0.29) is 6.07 Å². The molecule has 0 aliphatic rings. The third-order valence-corrected chi connectivity index (χ3v) is 2.29. The van der Waals surface area contributed by atoms with Crippen molar-refractivity contribution in [3.63, 3.8) is 0 Å². The molecule has 0 unspecified atom stereocenters. The average molecular weight is 296 g/mol. The first-order valence-electron chi connectivity index (χ1n) is 4.61. The van der Waals surface area contributed by atoms with Crippen LogP contribution in [0.3, 0.4) is 0 Å². The molecule has 1 aromatic rings. The van der Waals surface area contributed by atoms with E-state index in [1.807, 2.05) is 0 Å². The van der Waals surface area contributed by atoms with Gasteiger partial charge in [-0.15, -0.1) is 0 Å². The molecule has 9 heteroatoms. The highest BCUT2D eigenvalue weighted by Crippen LogP contribution is 2.47. The van der Waals surface area contributed by atoms with Gasteiger partial charge in [-0.3, -0.25) is 0 Å². The van der Waals surface area contributed by atoms with Crippen molar-refractivity contribution in [2.45, 2.75) is 25.5 Å². The summed E-state index contributed by atoms with van der Waals surface area (Å²) in [5.41, 5.74) is -8.28. The molecule has 0 N–H and O–H groups in total. The third kappa shape index (κ3) is 3.13. The van der Waals surface area contributed by atoms with Gasteiger partial charge in [0.2, 0.25) is 0 Å². The van der Waals surface area contributed by atoms with Crippen LogP contribution in [-0.2, 0) is 18.5 Å². The van der Waals surface area contributed by atoms with Crippen LogP contribution < -0.4 is 0 Å². The summed E-state index contributed by atoms with van der Waals surface area (Å²) in [5, 5.41) is 0. The summed E-state index contributed by atoms with van der Waals surface area (Å²) >= 11 is 0. The van der Waals surface area contributed by atoms with Gasteiger partial charge in [-0.2, -0.15) is 39.5 Å². The van der Waals surface area contributed by atoms with Gasteiger partial charge in [-0.1, -0.05) is 6.07 Å². The van der Waals surface area contributed by atoms with Crippen molar-refractivity contribution >= 4 is 0 Å². The van der Waals surface area contributed by atoms with Gasteiger partial charge in [0.1, 0.15) is 0 Å². The van der Waals surface area contributed by atoms with E-state index in [1.165, 1.54) is 0 Å². The quantitative estimate of drug-likeness (QED) is 0.588. The molecule has 0 nitrogen and oxygen atoms in total. The number of hydrogen-bond acceptors (Lipinski definition) is 0. The second kappa shape index (κ2) is 4.31. The Balaban J connectivity index is 3.82. The number of benzene rings is 1. The Kier molecular flexibility index (Phi) is 3.55. The Bertz CT molecular complexity index is 475. The van der Waals surface area contributed by atoms with E-state index in [1.54, 1.807) is 0 Å². The van der Waals surface area contributed by atoms with Gasteiger partial charge in [-0.05, 0) is 18.6 Å². The van der Waals surface area contributed by atoms with Crippen molar-refractivity contribution in [2.24, 2.45) is 0 Å². The second-order valence-electron chi connectivity index (χ2n) is 3.67. The summed E-state index contributed by atoms with van der Waals surface area (Å²) in [6, 6.07) is 0.355. The highest BCUT2D eigenvalue weighted by Gasteiger charge is 2.50. The molecule has 108 valence electrons. The van der Waals surface area contributed by atoms with E-state index in [2.05, 4.69) is 0 Å². The van der Waals surface area contributed by atoms with E-state index >= 15 is 0 Å². The maximum absolute atomic E-state index is 12.5. The minimum atomic E-state index is -5.76. The monoisotopic (exact) mass is 296 g/mol. The maximum Gasteiger partial charge on any atom is 0.417 e. The number of halogens is 9. The molecule has 0 heterocycles. The molecule has 0 fully saturated rings.